The maximum Gasteiger partial charge on any atom is 0.305 e. The third-order valence-electron chi connectivity index (χ3n) is 2.37. The number of fused-ring (bicyclic) bond motifs is 1. The van der Waals surface area contributed by atoms with E-state index in [9.17, 15) is 4.79 Å². The quantitative estimate of drug-likeness (QED) is 0.742. The summed E-state index contributed by atoms with van der Waals surface area (Å²) in [6.07, 6.45) is 0.00398. The first kappa shape index (κ1) is 9.02. The van der Waals surface area contributed by atoms with Crippen LogP contribution in [-0.4, -0.2) is 11.1 Å². The summed E-state index contributed by atoms with van der Waals surface area (Å²) in [6, 6.07) is 7.41. The molecule has 1 aliphatic rings. The molecule has 0 radical (unpaired) electrons. The molecule has 2 N–H and O–H groups in total. The molecule has 74 valence electrons. The van der Waals surface area contributed by atoms with Gasteiger partial charge in [-0.3, -0.25) is 4.79 Å². The molecule has 2 rings (SSSR count). The minimum absolute atomic E-state index is 0.00398. The van der Waals surface area contributed by atoms with Gasteiger partial charge in [0.15, 0.2) is 5.75 Å². The molecule has 0 saturated carbocycles. The number of carbonyl (C=O) groups is 1. The van der Waals surface area contributed by atoms with Gasteiger partial charge in [-0.2, -0.15) is 0 Å². The fourth-order valence-electron chi connectivity index (χ4n) is 1.67. The molecule has 14 heavy (non-hydrogen) atoms. The van der Waals surface area contributed by atoms with Gasteiger partial charge >= 0.3 is 5.97 Å². The Morgan fingerprint density at radius 1 is 1.57 bits per heavy atom. The van der Waals surface area contributed by atoms with Crippen molar-refractivity contribution in [3.63, 3.8) is 0 Å². The van der Waals surface area contributed by atoms with Gasteiger partial charge in [0.1, 0.15) is 0 Å². The van der Waals surface area contributed by atoms with Gasteiger partial charge in [-0.1, -0.05) is 18.2 Å². The second-order valence-electron chi connectivity index (χ2n) is 3.60. The van der Waals surface area contributed by atoms with Crippen LogP contribution in [0.5, 0.6) is 5.75 Å². The molecule has 0 spiro atoms. The summed E-state index contributed by atoms with van der Waals surface area (Å²) >= 11 is 0. The molecule has 0 amide bonds. The largest absolute Gasteiger partial charge is 0.481 e. The molecule has 0 aliphatic carbocycles. The summed E-state index contributed by atoms with van der Waals surface area (Å²) in [5, 5.41) is 8.77. The number of carboxylic acids is 1. The predicted molar refractivity (Wildman–Crippen MR) is 49.8 cm³/mol. The maximum absolute atomic E-state index is 10.7. The number of hydroxylamine groups is 1. The molecular weight excluding hydrogens is 182 g/mol. The second kappa shape index (κ2) is 2.99. The van der Waals surface area contributed by atoms with Gasteiger partial charge in [0, 0.05) is 5.56 Å². The van der Waals surface area contributed by atoms with Gasteiger partial charge in [0.2, 0.25) is 0 Å². The summed E-state index contributed by atoms with van der Waals surface area (Å²) in [5.74, 6) is -0.142. The summed E-state index contributed by atoms with van der Waals surface area (Å²) in [6.45, 7) is 1.81. The van der Waals surface area contributed by atoms with Gasteiger partial charge in [0.25, 0.3) is 0 Å². The van der Waals surface area contributed by atoms with E-state index >= 15 is 0 Å². The Balaban J connectivity index is 2.37. The highest BCUT2D eigenvalue weighted by atomic mass is 16.7. The highest BCUT2D eigenvalue weighted by molar-refractivity contribution is 5.69. The molecule has 1 heterocycles. The number of carboxylic acid groups (broad SMARTS) is 1. The Morgan fingerprint density at radius 2 is 2.29 bits per heavy atom. The Kier molecular flexibility index (Phi) is 1.93. The Labute approximate surface area is 81.5 Å². The lowest BCUT2D eigenvalue weighted by atomic mass is 9.90. The van der Waals surface area contributed by atoms with E-state index in [1.54, 1.807) is 0 Å². The molecule has 0 aromatic heterocycles. The number of aliphatic carboxylic acids is 1. The third-order valence-corrected chi connectivity index (χ3v) is 2.37. The van der Waals surface area contributed by atoms with Crippen LogP contribution in [0.1, 0.15) is 18.9 Å². The lowest BCUT2D eigenvalue weighted by molar-refractivity contribution is -0.139. The Morgan fingerprint density at radius 3 is 3.00 bits per heavy atom. The Bertz CT molecular complexity index is 377. The van der Waals surface area contributed by atoms with Crippen LogP contribution in [0.15, 0.2) is 24.3 Å². The van der Waals surface area contributed by atoms with Crippen molar-refractivity contribution in [1.82, 2.24) is 5.48 Å². The lowest BCUT2D eigenvalue weighted by Crippen LogP contribution is -2.37. The molecule has 1 unspecified atom stereocenters. The van der Waals surface area contributed by atoms with E-state index in [2.05, 4.69) is 5.48 Å². The summed E-state index contributed by atoms with van der Waals surface area (Å²) in [5.41, 5.74) is 3.02. The van der Waals surface area contributed by atoms with Gasteiger partial charge < -0.3 is 9.94 Å². The van der Waals surface area contributed by atoms with E-state index < -0.39 is 11.5 Å². The maximum atomic E-state index is 10.7. The van der Waals surface area contributed by atoms with E-state index in [0.29, 0.717) is 5.75 Å². The predicted octanol–water partition coefficient (Wildman–Crippen LogP) is 1.27. The summed E-state index contributed by atoms with van der Waals surface area (Å²) < 4.78 is 0. The molecule has 0 bridgehead atoms. The number of rotatable bonds is 2. The highest BCUT2D eigenvalue weighted by Crippen LogP contribution is 2.37. The van der Waals surface area contributed by atoms with Crippen LogP contribution < -0.4 is 10.3 Å². The number of hydrogen-bond acceptors (Lipinski definition) is 3. The topological polar surface area (TPSA) is 58.6 Å². The summed E-state index contributed by atoms with van der Waals surface area (Å²) in [4.78, 5) is 15.9. The van der Waals surface area contributed by atoms with Crippen LogP contribution in [-0.2, 0) is 10.3 Å². The zero-order chi connectivity index (χ0) is 10.2. The number of nitrogens with one attached hydrogen (secondary N) is 1. The SMILES string of the molecule is CC1(CC(=O)O)NOc2ccccc21. The lowest BCUT2D eigenvalue weighted by Gasteiger charge is -2.20. The van der Waals surface area contributed by atoms with Crippen LogP contribution in [0.2, 0.25) is 0 Å². The number of para-hydroxylation sites is 1. The van der Waals surface area contributed by atoms with Crippen LogP contribution in [0.25, 0.3) is 0 Å². The minimum Gasteiger partial charge on any atom is -0.481 e. The fraction of sp³-hybridized carbons (Fsp3) is 0.300. The van der Waals surface area contributed by atoms with Gasteiger partial charge in [-0.15, -0.1) is 5.48 Å². The first-order chi connectivity index (χ1) is 6.62. The van der Waals surface area contributed by atoms with Gasteiger partial charge in [-0.25, -0.2) is 0 Å². The van der Waals surface area contributed by atoms with Crippen molar-refractivity contribution in [2.24, 2.45) is 0 Å². The van der Waals surface area contributed by atoms with Crippen molar-refractivity contribution in [3.05, 3.63) is 29.8 Å². The van der Waals surface area contributed by atoms with Crippen LogP contribution in [0.4, 0.5) is 0 Å². The van der Waals surface area contributed by atoms with Crippen molar-refractivity contribution in [3.8, 4) is 5.75 Å². The molecular formula is C10H11NO3. The van der Waals surface area contributed by atoms with Gasteiger partial charge in [-0.05, 0) is 13.0 Å². The molecule has 4 nitrogen and oxygen atoms in total. The van der Waals surface area contributed by atoms with E-state index in [1.165, 1.54) is 0 Å². The molecule has 1 atom stereocenters. The average Bonchev–Trinajstić information content (AvgIpc) is 2.44. The smallest absolute Gasteiger partial charge is 0.305 e. The standard InChI is InChI=1S/C10H11NO3/c1-10(6-9(12)13)7-4-2-3-5-8(7)14-11-10/h2-5,11H,6H2,1H3,(H,12,13). The molecule has 0 saturated heterocycles. The van der Waals surface area contributed by atoms with Crippen LogP contribution in [0, 0.1) is 0 Å². The normalized spacial score (nSPS) is 24.1. The van der Waals surface area contributed by atoms with Crippen LogP contribution >= 0.6 is 0 Å². The molecule has 1 aromatic rings. The third kappa shape index (κ3) is 1.33. The average molecular weight is 193 g/mol. The van der Waals surface area contributed by atoms with E-state index in [-0.39, 0.29) is 6.42 Å². The minimum atomic E-state index is -0.847. The zero-order valence-electron chi connectivity index (χ0n) is 7.78. The first-order valence-corrected chi connectivity index (χ1v) is 4.37. The monoisotopic (exact) mass is 193 g/mol. The molecule has 1 aliphatic heterocycles. The molecule has 4 heteroatoms. The van der Waals surface area contributed by atoms with Crippen molar-refractivity contribution < 1.29 is 14.7 Å². The highest BCUT2D eigenvalue weighted by Gasteiger charge is 2.37. The summed E-state index contributed by atoms with van der Waals surface area (Å²) in [7, 11) is 0. The van der Waals surface area contributed by atoms with E-state index in [4.69, 9.17) is 9.94 Å². The van der Waals surface area contributed by atoms with Crippen molar-refractivity contribution in [1.29, 1.82) is 0 Å². The van der Waals surface area contributed by atoms with E-state index in [0.717, 1.165) is 5.56 Å². The van der Waals surface area contributed by atoms with E-state index in [1.807, 2.05) is 31.2 Å². The van der Waals surface area contributed by atoms with Crippen molar-refractivity contribution >= 4 is 5.97 Å². The number of benzene rings is 1. The van der Waals surface area contributed by atoms with Gasteiger partial charge in [0.05, 0.1) is 12.0 Å². The molecule has 1 aromatic carbocycles. The first-order valence-electron chi connectivity index (χ1n) is 4.37. The Hall–Kier alpha value is -1.55. The van der Waals surface area contributed by atoms with Crippen LogP contribution in [0.3, 0.4) is 0 Å². The van der Waals surface area contributed by atoms with Crippen molar-refractivity contribution in [2.45, 2.75) is 18.9 Å². The van der Waals surface area contributed by atoms with Crippen molar-refractivity contribution in [2.75, 3.05) is 0 Å². The molecule has 0 fully saturated rings. The fourth-order valence-corrected chi connectivity index (χ4v) is 1.67. The second-order valence-corrected chi connectivity index (χ2v) is 3.60. The zero-order valence-corrected chi connectivity index (χ0v) is 7.78. The number of hydrogen-bond donors (Lipinski definition) is 2.